The standard InChI is InChI=1S/C19H18ClN3O2S/c20-13-3-1-4-14-17(13)26-19(23-14)11-6-8-12(9-7-11)22-18(24)16(21)15-5-2-10-25-15/h1,3-4,6-9,15-16H,2,5,10,21H2,(H,22,24). The van der Waals surface area contributed by atoms with Crippen molar-refractivity contribution >= 4 is 44.7 Å². The van der Waals surface area contributed by atoms with Gasteiger partial charge in [0.2, 0.25) is 5.91 Å². The van der Waals surface area contributed by atoms with Gasteiger partial charge in [-0.3, -0.25) is 4.79 Å². The molecule has 1 saturated heterocycles. The van der Waals surface area contributed by atoms with Gasteiger partial charge in [-0.1, -0.05) is 17.7 Å². The summed E-state index contributed by atoms with van der Waals surface area (Å²) in [6, 6.07) is 12.6. The Kier molecular flexibility index (Phi) is 4.91. The summed E-state index contributed by atoms with van der Waals surface area (Å²) in [5.74, 6) is -0.226. The van der Waals surface area contributed by atoms with Crippen LogP contribution in [0.2, 0.25) is 5.02 Å². The van der Waals surface area contributed by atoms with E-state index in [1.54, 1.807) is 11.3 Å². The van der Waals surface area contributed by atoms with Crippen molar-refractivity contribution in [3.05, 3.63) is 47.5 Å². The van der Waals surface area contributed by atoms with Crippen molar-refractivity contribution in [1.82, 2.24) is 4.98 Å². The van der Waals surface area contributed by atoms with Crippen LogP contribution in [0.4, 0.5) is 5.69 Å². The lowest BCUT2D eigenvalue weighted by Gasteiger charge is -2.18. The highest BCUT2D eigenvalue weighted by molar-refractivity contribution is 7.22. The minimum atomic E-state index is -0.649. The van der Waals surface area contributed by atoms with Crippen LogP contribution in [0.5, 0.6) is 0 Å². The Morgan fingerprint density at radius 3 is 2.81 bits per heavy atom. The molecule has 3 aromatic rings. The van der Waals surface area contributed by atoms with E-state index in [1.165, 1.54) is 0 Å². The number of hydrogen-bond donors (Lipinski definition) is 2. The van der Waals surface area contributed by atoms with Gasteiger partial charge < -0.3 is 15.8 Å². The lowest BCUT2D eigenvalue weighted by Crippen LogP contribution is -2.44. The zero-order chi connectivity index (χ0) is 18.1. The number of hydrogen-bond acceptors (Lipinski definition) is 5. The van der Waals surface area contributed by atoms with Gasteiger partial charge in [0.1, 0.15) is 11.0 Å². The number of amides is 1. The number of nitrogens with one attached hydrogen (secondary N) is 1. The fourth-order valence-electron chi connectivity index (χ4n) is 3.02. The van der Waals surface area contributed by atoms with E-state index in [2.05, 4.69) is 10.3 Å². The summed E-state index contributed by atoms with van der Waals surface area (Å²) in [6.45, 7) is 0.673. The zero-order valence-corrected chi connectivity index (χ0v) is 15.5. The van der Waals surface area contributed by atoms with Crippen molar-refractivity contribution in [1.29, 1.82) is 0 Å². The number of benzene rings is 2. The van der Waals surface area contributed by atoms with E-state index in [4.69, 9.17) is 22.1 Å². The zero-order valence-electron chi connectivity index (χ0n) is 13.9. The molecule has 1 amide bonds. The maximum atomic E-state index is 12.3. The van der Waals surface area contributed by atoms with Crippen LogP contribution >= 0.6 is 22.9 Å². The molecule has 7 heteroatoms. The highest BCUT2D eigenvalue weighted by Gasteiger charge is 2.28. The second kappa shape index (κ2) is 7.32. The molecule has 5 nitrogen and oxygen atoms in total. The average molecular weight is 388 g/mol. The van der Waals surface area contributed by atoms with Crippen LogP contribution in [0.15, 0.2) is 42.5 Å². The third-order valence-electron chi connectivity index (χ3n) is 4.43. The molecule has 3 N–H and O–H groups in total. The Bertz CT molecular complexity index is 936. The topological polar surface area (TPSA) is 77.2 Å². The molecule has 2 atom stereocenters. The van der Waals surface area contributed by atoms with Crippen molar-refractivity contribution in [2.45, 2.75) is 25.0 Å². The molecule has 0 spiro atoms. The summed E-state index contributed by atoms with van der Waals surface area (Å²) >= 11 is 7.78. The van der Waals surface area contributed by atoms with Gasteiger partial charge in [-0.25, -0.2) is 4.98 Å². The maximum absolute atomic E-state index is 12.3. The van der Waals surface area contributed by atoms with Crippen LogP contribution in [0.3, 0.4) is 0 Å². The predicted molar refractivity (Wildman–Crippen MR) is 106 cm³/mol. The van der Waals surface area contributed by atoms with Crippen molar-refractivity contribution in [3.63, 3.8) is 0 Å². The third-order valence-corrected chi connectivity index (χ3v) is 6.02. The molecule has 0 saturated carbocycles. The molecule has 1 fully saturated rings. The van der Waals surface area contributed by atoms with E-state index in [0.717, 1.165) is 33.6 Å². The molecule has 0 bridgehead atoms. The van der Waals surface area contributed by atoms with Crippen molar-refractivity contribution in [2.24, 2.45) is 5.73 Å². The monoisotopic (exact) mass is 387 g/mol. The molecule has 2 heterocycles. The van der Waals surface area contributed by atoms with E-state index >= 15 is 0 Å². The van der Waals surface area contributed by atoms with Crippen molar-refractivity contribution < 1.29 is 9.53 Å². The minimum Gasteiger partial charge on any atom is -0.376 e. The predicted octanol–water partition coefficient (Wildman–Crippen LogP) is 4.06. The first-order chi connectivity index (χ1) is 12.6. The normalized spacial score (nSPS) is 18.2. The number of nitrogens with zero attached hydrogens (tertiary/aromatic N) is 1. The number of anilines is 1. The molecule has 2 aromatic carbocycles. The van der Waals surface area contributed by atoms with Crippen molar-refractivity contribution in [2.75, 3.05) is 11.9 Å². The summed E-state index contributed by atoms with van der Waals surface area (Å²) in [5.41, 5.74) is 8.55. The van der Waals surface area contributed by atoms with Crippen molar-refractivity contribution in [3.8, 4) is 10.6 Å². The van der Waals surface area contributed by atoms with Gasteiger partial charge in [0.25, 0.3) is 0 Å². The Morgan fingerprint density at radius 1 is 1.31 bits per heavy atom. The summed E-state index contributed by atoms with van der Waals surface area (Å²) in [7, 11) is 0. The number of fused-ring (bicyclic) bond motifs is 1. The third kappa shape index (κ3) is 3.46. The summed E-state index contributed by atoms with van der Waals surface area (Å²) in [5, 5.41) is 4.45. The molecule has 26 heavy (non-hydrogen) atoms. The number of carbonyl (C=O) groups excluding carboxylic acids is 1. The molecule has 1 aliphatic rings. The van der Waals surface area contributed by atoms with Gasteiger partial charge >= 0.3 is 0 Å². The molecule has 4 rings (SSSR count). The Hall–Kier alpha value is -1.99. The maximum Gasteiger partial charge on any atom is 0.243 e. The Labute approximate surface area is 160 Å². The highest BCUT2D eigenvalue weighted by Crippen LogP contribution is 2.34. The van der Waals surface area contributed by atoms with Gasteiger partial charge in [-0.05, 0) is 49.2 Å². The average Bonchev–Trinajstić information content (AvgIpc) is 3.32. The Morgan fingerprint density at radius 2 is 2.12 bits per heavy atom. The first kappa shape index (κ1) is 17.4. The van der Waals surface area contributed by atoms with Crippen LogP contribution in [0.1, 0.15) is 12.8 Å². The molecule has 0 aliphatic carbocycles. The fraction of sp³-hybridized carbons (Fsp3) is 0.263. The Balaban J connectivity index is 1.49. The van der Waals surface area contributed by atoms with Crippen LogP contribution in [-0.4, -0.2) is 29.6 Å². The smallest absolute Gasteiger partial charge is 0.243 e. The molecular formula is C19H18ClN3O2S. The van der Waals surface area contributed by atoms with E-state index < -0.39 is 6.04 Å². The van der Waals surface area contributed by atoms with Gasteiger partial charge in [0, 0.05) is 17.9 Å². The number of nitrogens with two attached hydrogens (primary N) is 1. The number of thiazole rings is 1. The van der Waals surface area contributed by atoms with E-state index in [9.17, 15) is 4.79 Å². The summed E-state index contributed by atoms with van der Waals surface area (Å²) < 4.78 is 6.46. The van der Waals surface area contributed by atoms with Gasteiger partial charge in [0.05, 0.1) is 21.3 Å². The first-order valence-electron chi connectivity index (χ1n) is 8.45. The molecule has 0 radical (unpaired) electrons. The van der Waals surface area contributed by atoms with Gasteiger partial charge in [-0.2, -0.15) is 0 Å². The number of carbonyl (C=O) groups is 1. The first-order valence-corrected chi connectivity index (χ1v) is 9.65. The molecule has 134 valence electrons. The molecule has 2 unspecified atom stereocenters. The molecule has 1 aromatic heterocycles. The van der Waals surface area contributed by atoms with E-state index in [1.807, 2.05) is 42.5 Å². The van der Waals surface area contributed by atoms with Crippen LogP contribution in [-0.2, 0) is 9.53 Å². The second-order valence-corrected chi connectivity index (χ2v) is 7.66. The van der Waals surface area contributed by atoms with Crippen LogP contribution < -0.4 is 11.1 Å². The summed E-state index contributed by atoms with van der Waals surface area (Å²) in [4.78, 5) is 16.9. The lowest BCUT2D eigenvalue weighted by molar-refractivity contribution is -0.119. The minimum absolute atomic E-state index is 0.193. The number of rotatable bonds is 4. The quantitative estimate of drug-likeness (QED) is 0.707. The van der Waals surface area contributed by atoms with Crippen LogP contribution in [0, 0.1) is 0 Å². The lowest BCUT2D eigenvalue weighted by atomic mass is 10.1. The van der Waals surface area contributed by atoms with Gasteiger partial charge in [0.15, 0.2) is 0 Å². The van der Waals surface area contributed by atoms with Crippen LogP contribution in [0.25, 0.3) is 20.8 Å². The molecular weight excluding hydrogens is 370 g/mol. The number of aromatic nitrogens is 1. The summed E-state index contributed by atoms with van der Waals surface area (Å²) in [6.07, 6.45) is 1.59. The number of ether oxygens (including phenoxy) is 1. The van der Waals surface area contributed by atoms with Gasteiger partial charge in [-0.15, -0.1) is 11.3 Å². The molecule has 1 aliphatic heterocycles. The fourth-order valence-corrected chi connectivity index (χ4v) is 4.28. The van der Waals surface area contributed by atoms with E-state index in [0.29, 0.717) is 17.3 Å². The second-order valence-electron chi connectivity index (χ2n) is 6.25. The van der Waals surface area contributed by atoms with E-state index in [-0.39, 0.29) is 12.0 Å². The largest absolute Gasteiger partial charge is 0.376 e. The SMILES string of the molecule is NC(C(=O)Nc1ccc(-c2nc3cccc(Cl)c3s2)cc1)C1CCCO1. The number of halogens is 1. The highest BCUT2D eigenvalue weighted by atomic mass is 35.5.